The Morgan fingerprint density at radius 2 is 1.92 bits per heavy atom. The Hall–Kier alpha value is 0.567. The van der Waals surface area contributed by atoms with Gasteiger partial charge in [-0.25, -0.2) is 4.57 Å². The van der Waals surface area contributed by atoms with Crippen LogP contribution in [0.1, 0.15) is 1.43 Å². The topological polar surface area (TPSA) is 55.8 Å². The van der Waals surface area contributed by atoms with Crippen molar-refractivity contribution in [2.75, 3.05) is 26.4 Å². The zero-order valence-electron chi connectivity index (χ0n) is 7.70. The van der Waals surface area contributed by atoms with Gasteiger partial charge in [0.25, 0.3) is 0 Å². The van der Waals surface area contributed by atoms with Crippen LogP contribution in [0.2, 0.25) is 0 Å². The van der Waals surface area contributed by atoms with Crippen molar-refractivity contribution in [3.8, 4) is 0 Å². The normalized spacial score (nSPS) is 10.9. The zero-order chi connectivity index (χ0) is 8.74. The van der Waals surface area contributed by atoms with Gasteiger partial charge in [0.2, 0.25) is 0 Å². The fraction of sp³-hybridized carbons (Fsp3) is 1.00. The summed E-state index contributed by atoms with van der Waals surface area (Å²) in [5.74, 6) is 0. The minimum Gasteiger partial charge on any atom is -1.00 e. The molecule has 0 aliphatic carbocycles. The van der Waals surface area contributed by atoms with E-state index in [1.165, 1.54) is 0 Å². The molecule has 4 nitrogen and oxygen atoms in total. The number of aliphatic hydroxyl groups excluding tert-OH is 1. The molecule has 0 aliphatic rings. The van der Waals surface area contributed by atoms with Crippen molar-refractivity contribution in [1.82, 2.24) is 0 Å². The molecular weight excluding hydrogens is 188 g/mol. The van der Waals surface area contributed by atoms with E-state index in [0.717, 1.165) is 0 Å². The fourth-order valence-electron chi connectivity index (χ4n) is 0.369. The maximum absolute atomic E-state index is 11.5. The van der Waals surface area contributed by atoms with Crippen molar-refractivity contribution < 1.29 is 47.6 Å². The van der Waals surface area contributed by atoms with Crippen molar-refractivity contribution in [3.63, 3.8) is 0 Å². The first kappa shape index (κ1) is 15.1. The van der Waals surface area contributed by atoms with E-state index < -0.39 is 14.6 Å². The molecular formula is C4H10F2LiO4P. The maximum atomic E-state index is 11.5. The molecule has 0 saturated heterocycles. The Labute approximate surface area is 82.6 Å². The summed E-state index contributed by atoms with van der Waals surface area (Å²) in [7, 11) is -5.36. The van der Waals surface area contributed by atoms with E-state index in [1.807, 2.05) is 0 Å². The van der Waals surface area contributed by atoms with Crippen molar-refractivity contribution in [3.05, 3.63) is 0 Å². The van der Waals surface area contributed by atoms with E-state index in [1.54, 1.807) is 0 Å². The predicted octanol–water partition coefficient (Wildman–Crippen LogP) is -1.82. The predicted molar refractivity (Wildman–Crippen MR) is 34.8 cm³/mol. The molecule has 0 saturated carbocycles. The molecule has 0 fully saturated rings. The van der Waals surface area contributed by atoms with E-state index in [4.69, 9.17) is 5.11 Å². The van der Waals surface area contributed by atoms with Crippen LogP contribution in [0.15, 0.2) is 0 Å². The first-order valence-electron chi connectivity index (χ1n) is 2.89. The Morgan fingerprint density at radius 1 is 1.33 bits per heavy atom. The third-order valence-corrected chi connectivity index (χ3v) is 1.19. The summed E-state index contributed by atoms with van der Waals surface area (Å²) in [6.07, 6.45) is 0. The van der Waals surface area contributed by atoms with Crippen LogP contribution in [0.25, 0.3) is 0 Å². The first-order valence-corrected chi connectivity index (χ1v) is 4.29. The number of halogens is 2. The third kappa shape index (κ3) is 13.2. The summed E-state index contributed by atoms with van der Waals surface area (Å²) < 4.78 is 40.6. The van der Waals surface area contributed by atoms with Crippen molar-refractivity contribution >= 4 is 7.99 Å². The third-order valence-electron chi connectivity index (χ3n) is 0.705. The van der Waals surface area contributed by atoms with Gasteiger partial charge in [0, 0.05) is 0 Å². The van der Waals surface area contributed by atoms with E-state index in [9.17, 15) is 13.0 Å². The molecule has 12 heavy (non-hydrogen) atoms. The number of hydrogen-bond donors (Lipinski definition) is 1. The van der Waals surface area contributed by atoms with Crippen LogP contribution in [0, 0.1) is 0 Å². The minimum atomic E-state index is -5.36. The SMILES string of the molecule is O=P(F)(F)OCCOCCO.[H-].[Li+]. The molecule has 0 atom stereocenters. The van der Waals surface area contributed by atoms with Gasteiger partial charge in [0.05, 0.1) is 26.4 Å². The molecule has 1 N–H and O–H groups in total. The monoisotopic (exact) mass is 198 g/mol. The van der Waals surface area contributed by atoms with Crippen LogP contribution in [0.5, 0.6) is 0 Å². The van der Waals surface area contributed by atoms with Gasteiger partial charge in [-0.1, -0.05) is 0 Å². The number of hydrogen-bond acceptors (Lipinski definition) is 4. The van der Waals surface area contributed by atoms with E-state index in [2.05, 4.69) is 9.26 Å². The molecule has 0 rings (SSSR count). The standard InChI is InChI=1S/C4H9F2O4P.Li.H/c5-11(6,8)10-4-3-9-2-1-7;;/h7H,1-4H2;;/q;+1;-1. The minimum absolute atomic E-state index is 0. The van der Waals surface area contributed by atoms with Crippen LogP contribution in [-0.4, -0.2) is 31.5 Å². The molecule has 0 aromatic carbocycles. The summed E-state index contributed by atoms with van der Waals surface area (Å²) in [6.45, 7) is -0.641. The van der Waals surface area contributed by atoms with Crippen molar-refractivity contribution in [2.24, 2.45) is 0 Å². The van der Waals surface area contributed by atoms with Crippen LogP contribution < -0.4 is 18.9 Å². The van der Waals surface area contributed by atoms with Gasteiger partial charge >= 0.3 is 26.9 Å². The molecule has 0 unspecified atom stereocenters. The van der Waals surface area contributed by atoms with Gasteiger partial charge in [-0.2, -0.15) is 0 Å². The van der Waals surface area contributed by atoms with Gasteiger partial charge < -0.3 is 11.3 Å². The Kier molecular flexibility index (Phi) is 10.3. The molecule has 0 heterocycles. The molecule has 70 valence electrons. The van der Waals surface area contributed by atoms with Crippen LogP contribution in [0.4, 0.5) is 8.39 Å². The van der Waals surface area contributed by atoms with Gasteiger partial charge in [-0.3, -0.25) is 4.52 Å². The van der Waals surface area contributed by atoms with E-state index >= 15 is 0 Å². The second-order valence-corrected chi connectivity index (χ2v) is 2.67. The molecule has 0 radical (unpaired) electrons. The largest absolute Gasteiger partial charge is 1.00 e. The average Bonchev–Trinajstić information content (AvgIpc) is 1.85. The van der Waals surface area contributed by atoms with Gasteiger partial charge in [-0.15, -0.1) is 8.39 Å². The summed E-state index contributed by atoms with van der Waals surface area (Å²) >= 11 is 0. The van der Waals surface area contributed by atoms with Crippen LogP contribution in [-0.2, 0) is 13.8 Å². The van der Waals surface area contributed by atoms with Gasteiger partial charge in [0.15, 0.2) is 0 Å². The zero-order valence-corrected chi connectivity index (χ0v) is 7.60. The fourth-order valence-corrected chi connectivity index (χ4v) is 0.656. The van der Waals surface area contributed by atoms with Crippen molar-refractivity contribution in [2.45, 2.75) is 0 Å². The second kappa shape index (κ2) is 8.18. The summed E-state index contributed by atoms with van der Waals surface area (Å²) in [6, 6.07) is 0. The summed E-state index contributed by atoms with van der Waals surface area (Å²) in [5.41, 5.74) is 0. The number of rotatable bonds is 6. The Bertz CT molecular complexity index is 146. The van der Waals surface area contributed by atoms with E-state index in [0.29, 0.717) is 0 Å². The van der Waals surface area contributed by atoms with Crippen LogP contribution in [0.3, 0.4) is 0 Å². The molecule has 0 spiro atoms. The first-order chi connectivity index (χ1) is 5.06. The molecule has 0 amide bonds. The van der Waals surface area contributed by atoms with Crippen molar-refractivity contribution in [1.29, 1.82) is 0 Å². The summed E-state index contributed by atoms with van der Waals surface area (Å²) in [5, 5.41) is 8.16. The molecule has 0 aromatic rings. The Balaban J connectivity index is -0.000000500. The molecule has 0 aliphatic heterocycles. The number of ether oxygens (including phenoxy) is 1. The number of aliphatic hydroxyl groups is 1. The molecule has 0 bridgehead atoms. The molecule has 8 heteroatoms. The maximum Gasteiger partial charge on any atom is 1.00 e. The van der Waals surface area contributed by atoms with Gasteiger partial charge in [0.1, 0.15) is 0 Å². The van der Waals surface area contributed by atoms with Crippen LogP contribution >= 0.6 is 7.99 Å². The summed E-state index contributed by atoms with van der Waals surface area (Å²) in [4.78, 5) is 0. The quantitative estimate of drug-likeness (QED) is 0.310. The van der Waals surface area contributed by atoms with E-state index in [-0.39, 0.29) is 40.1 Å². The average molecular weight is 198 g/mol. The molecule has 0 aromatic heterocycles. The second-order valence-electron chi connectivity index (χ2n) is 1.58. The Morgan fingerprint density at radius 3 is 2.33 bits per heavy atom. The van der Waals surface area contributed by atoms with Gasteiger partial charge in [-0.05, 0) is 0 Å². The smallest absolute Gasteiger partial charge is 1.00 e.